The van der Waals surface area contributed by atoms with Crippen molar-refractivity contribution in [1.29, 1.82) is 0 Å². The summed E-state index contributed by atoms with van der Waals surface area (Å²) < 4.78 is 20.0. The van der Waals surface area contributed by atoms with Crippen molar-refractivity contribution in [3.05, 3.63) is 35.1 Å². The molecular formula is C17H26FNO. The average Bonchev–Trinajstić information content (AvgIpc) is 2.42. The van der Waals surface area contributed by atoms with Gasteiger partial charge in [0.25, 0.3) is 0 Å². The van der Waals surface area contributed by atoms with E-state index in [1.807, 2.05) is 19.1 Å². The van der Waals surface area contributed by atoms with Crippen molar-refractivity contribution in [3.63, 3.8) is 0 Å². The van der Waals surface area contributed by atoms with Crippen LogP contribution in [0.1, 0.15) is 43.9 Å². The monoisotopic (exact) mass is 279 g/mol. The fourth-order valence-corrected chi connectivity index (χ4v) is 2.83. The van der Waals surface area contributed by atoms with Gasteiger partial charge in [0.2, 0.25) is 0 Å². The lowest BCUT2D eigenvalue weighted by atomic mass is 9.88. The average molecular weight is 279 g/mol. The second-order valence-electron chi connectivity index (χ2n) is 6.27. The Morgan fingerprint density at radius 1 is 1.40 bits per heavy atom. The van der Waals surface area contributed by atoms with E-state index < -0.39 is 0 Å². The zero-order chi connectivity index (χ0) is 14.5. The van der Waals surface area contributed by atoms with Gasteiger partial charge in [0.15, 0.2) is 0 Å². The normalized spacial score (nSPS) is 23.2. The van der Waals surface area contributed by atoms with Crippen molar-refractivity contribution in [1.82, 2.24) is 5.32 Å². The van der Waals surface area contributed by atoms with Crippen LogP contribution >= 0.6 is 0 Å². The van der Waals surface area contributed by atoms with E-state index in [2.05, 4.69) is 19.2 Å². The van der Waals surface area contributed by atoms with Crippen LogP contribution in [0.15, 0.2) is 18.2 Å². The van der Waals surface area contributed by atoms with Crippen LogP contribution in [-0.4, -0.2) is 19.7 Å². The van der Waals surface area contributed by atoms with Crippen LogP contribution in [0.5, 0.6) is 0 Å². The number of hydrogen-bond acceptors (Lipinski definition) is 2. The second kappa shape index (κ2) is 7.19. The minimum Gasteiger partial charge on any atom is -0.373 e. The molecule has 0 amide bonds. The molecule has 0 saturated carbocycles. The molecule has 0 aliphatic carbocycles. The van der Waals surface area contributed by atoms with Crippen molar-refractivity contribution < 1.29 is 9.13 Å². The predicted molar refractivity (Wildman–Crippen MR) is 80.3 cm³/mol. The molecule has 1 aliphatic heterocycles. The van der Waals surface area contributed by atoms with Crippen molar-refractivity contribution in [3.8, 4) is 0 Å². The van der Waals surface area contributed by atoms with E-state index in [1.165, 1.54) is 0 Å². The molecule has 2 unspecified atom stereocenters. The largest absolute Gasteiger partial charge is 0.373 e. The Bertz CT molecular complexity index is 433. The summed E-state index contributed by atoms with van der Waals surface area (Å²) in [5.74, 6) is 0.851. The minimum atomic E-state index is -0.142. The molecular weight excluding hydrogens is 253 g/mol. The van der Waals surface area contributed by atoms with Crippen molar-refractivity contribution >= 4 is 0 Å². The highest BCUT2D eigenvalue weighted by Gasteiger charge is 2.29. The molecule has 0 bridgehead atoms. The van der Waals surface area contributed by atoms with Gasteiger partial charge in [0, 0.05) is 24.6 Å². The van der Waals surface area contributed by atoms with Gasteiger partial charge in [0.1, 0.15) is 5.82 Å². The molecule has 3 heteroatoms. The molecule has 1 fully saturated rings. The first kappa shape index (κ1) is 15.5. The summed E-state index contributed by atoms with van der Waals surface area (Å²) in [6.45, 7) is 9.02. The molecule has 0 radical (unpaired) electrons. The van der Waals surface area contributed by atoms with Gasteiger partial charge in [-0.3, -0.25) is 0 Å². The molecule has 0 spiro atoms. The number of rotatable bonds is 5. The van der Waals surface area contributed by atoms with Gasteiger partial charge in [-0.2, -0.15) is 0 Å². The first-order chi connectivity index (χ1) is 9.58. The van der Waals surface area contributed by atoms with Crippen LogP contribution in [0.25, 0.3) is 0 Å². The number of halogens is 1. The minimum absolute atomic E-state index is 0.108. The molecule has 1 N–H and O–H groups in total. The maximum Gasteiger partial charge on any atom is 0.129 e. The summed E-state index contributed by atoms with van der Waals surface area (Å²) >= 11 is 0. The molecule has 1 aliphatic rings. The molecule has 1 saturated heterocycles. The van der Waals surface area contributed by atoms with Gasteiger partial charge in [-0.15, -0.1) is 0 Å². The Hall–Kier alpha value is -0.930. The molecule has 2 rings (SSSR count). The topological polar surface area (TPSA) is 21.3 Å². The van der Waals surface area contributed by atoms with E-state index in [0.717, 1.165) is 43.7 Å². The first-order valence-electron chi connectivity index (χ1n) is 7.66. The third-order valence-corrected chi connectivity index (χ3v) is 3.86. The van der Waals surface area contributed by atoms with E-state index in [-0.39, 0.29) is 11.9 Å². The molecule has 112 valence electrons. The van der Waals surface area contributed by atoms with E-state index in [9.17, 15) is 4.39 Å². The van der Waals surface area contributed by atoms with Gasteiger partial charge >= 0.3 is 0 Å². The highest BCUT2D eigenvalue weighted by atomic mass is 19.1. The van der Waals surface area contributed by atoms with Crippen molar-refractivity contribution in [2.24, 2.45) is 11.8 Å². The van der Waals surface area contributed by atoms with Crippen LogP contribution < -0.4 is 5.32 Å². The van der Waals surface area contributed by atoms with Gasteiger partial charge in [0.05, 0.1) is 6.10 Å². The van der Waals surface area contributed by atoms with Gasteiger partial charge in [-0.25, -0.2) is 4.39 Å². The lowest BCUT2D eigenvalue weighted by molar-refractivity contribution is -0.0298. The Kier molecular flexibility index (Phi) is 5.55. The third kappa shape index (κ3) is 4.03. The fourth-order valence-electron chi connectivity index (χ4n) is 2.83. The van der Waals surface area contributed by atoms with Gasteiger partial charge in [-0.05, 0) is 38.3 Å². The SMILES string of the molecule is Cc1ccc(F)c(C2OCCCC2CNCC(C)C)c1. The molecule has 1 aromatic rings. The Balaban J connectivity index is 2.07. The molecule has 2 atom stereocenters. The van der Waals surface area contributed by atoms with Gasteiger partial charge < -0.3 is 10.1 Å². The van der Waals surface area contributed by atoms with E-state index in [1.54, 1.807) is 6.07 Å². The fraction of sp³-hybridized carbons (Fsp3) is 0.647. The zero-order valence-electron chi connectivity index (χ0n) is 12.8. The van der Waals surface area contributed by atoms with E-state index in [4.69, 9.17) is 4.74 Å². The van der Waals surface area contributed by atoms with E-state index >= 15 is 0 Å². The van der Waals surface area contributed by atoms with Gasteiger partial charge in [-0.1, -0.05) is 31.5 Å². The quantitative estimate of drug-likeness (QED) is 0.884. The summed E-state index contributed by atoms with van der Waals surface area (Å²) in [6, 6.07) is 5.30. The Morgan fingerprint density at radius 2 is 2.20 bits per heavy atom. The maximum absolute atomic E-state index is 14.1. The van der Waals surface area contributed by atoms with Crippen LogP contribution in [0, 0.1) is 24.6 Å². The van der Waals surface area contributed by atoms with Crippen LogP contribution in [0.3, 0.4) is 0 Å². The third-order valence-electron chi connectivity index (χ3n) is 3.86. The summed E-state index contributed by atoms with van der Waals surface area (Å²) in [5, 5.41) is 3.49. The van der Waals surface area contributed by atoms with Crippen LogP contribution in [0.2, 0.25) is 0 Å². The second-order valence-corrected chi connectivity index (χ2v) is 6.27. The lowest BCUT2D eigenvalue weighted by Crippen LogP contribution is -2.33. The molecule has 1 heterocycles. The molecule has 1 aromatic carbocycles. The summed E-state index contributed by atoms with van der Waals surface area (Å²) in [4.78, 5) is 0. The number of aryl methyl sites for hydroxylation is 1. The van der Waals surface area contributed by atoms with Crippen LogP contribution in [-0.2, 0) is 4.74 Å². The standard InChI is InChI=1S/C17H26FNO/c1-12(2)10-19-11-14-5-4-8-20-17(14)15-9-13(3)6-7-16(15)18/h6-7,9,12,14,17,19H,4-5,8,10-11H2,1-3H3. The summed E-state index contributed by atoms with van der Waals surface area (Å²) in [7, 11) is 0. The number of hydrogen-bond donors (Lipinski definition) is 1. The molecule has 0 aromatic heterocycles. The number of benzene rings is 1. The summed E-state index contributed by atoms with van der Waals surface area (Å²) in [6.07, 6.45) is 2.06. The highest BCUT2D eigenvalue weighted by Crippen LogP contribution is 2.35. The summed E-state index contributed by atoms with van der Waals surface area (Å²) in [5.41, 5.74) is 1.81. The maximum atomic E-state index is 14.1. The van der Waals surface area contributed by atoms with Crippen LogP contribution in [0.4, 0.5) is 4.39 Å². The predicted octanol–water partition coefficient (Wildman–Crippen LogP) is 3.85. The highest BCUT2D eigenvalue weighted by molar-refractivity contribution is 5.26. The first-order valence-corrected chi connectivity index (χ1v) is 7.66. The number of ether oxygens (including phenoxy) is 1. The Labute approximate surface area is 121 Å². The number of nitrogens with one attached hydrogen (secondary N) is 1. The zero-order valence-corrected chi connectivity index (χ0v) is 12.8. The molecule has 20 heavy (non-hydrogen) atoms. The van der Waals surface area contributed by atoms with Crippen molar-refractivity contribution in [2.75, 3.05) is 19.7 Å². The van der Waals surface area contributed by atoms with Crippen molar-refractivity contribution in [2.45, 2.75) is 39.7 Å². The van der Waals surface area contributed by atoms with E-state index in [0.29, 0.717) is 11.8 Å². The lowest BCUT2D eigenvalue weighted by Gasteiger charge is -2.33. The Morgan fingerprint density at radius 3 is 2.95 bits per heavy atom. The molecule has 2 nitrogen and oxygen atoms in total. The smallest absolute Gasteiger partial charge is 0.129 e.